The molecule has 0 aliphatic heterocycles. The Morgan fingerprint density at radius 1 is 0.315 bits per heavy atom. The topological polar surface area (TPSA) is 12.1 Å². The molecular formula is C50H35N3Si. The van der Waals surface area contributed by atoms with E-state index < -0.39 is 8.07 Å². The molecule has 11 aromatic rings. The minimum atomic E-state index is -2.65. The molecule has 0 spiro atoms. The van der Waals surface area contributed by atoms with Gasteiger partial charge in [0.1, 0.15) is 5.65 Å². The molecule has 0 amide bonds. The Balaban J connectivity index is 1.13. The number of aromatic nitrogens is 2. The number of fused-ring (bicyclic) bond motifs is 9. The predicted molar refractivity (Wildman–Crippen MR) is 230 cm³/mol. The Bertz CT molecular complexity index is 2980. The highest BCUT2D eigenvalue weighted by molar-refractivity contribution is 7.19. The van der Waals surface area contributed by atoms with Gasteiger partial charge < -0.3 is 4.90 Å². The van der Waals surface area contributed by atoms with Crippen molar-refractivity contribution in [1.29, 1.82) is 0 Å². The molecule has 3 heterocycles. The highest BCUT2D eigenvalue weighted by atomic mass is 28.3. The lowest BCUT2D eigenvalue weighted by atomic mass is 10.1. The van der Waals surface area contributed by atoms with Gasteiger partial charge in [0.05, 0.1) is 22.1 Å². The van der Waals surface area contributed by atoms with Crippen LogP contribution >= 0.6 is 0 Å². The summed E-state index contributed by atoms with van der Waals surface area (Å²) in [6, 6.07) is 78.2. The zero-order valence-corrected chi connectivity index (χ0v) is 30.5. The number of hydrogen-bond donors (Lipinski definition) is 0. The maximum atomic E-state index is 2.45. The van der Waals surface area contributed by atoms with Gasteiger partial charge in [0.15, 0.2) is 8.07 Å². The van der Waals surface area contributed by atoms with E-state index in [2.05, 4.69) is 226 Å². The molecule has 3 aromatic heterocycles. The molecule has 254 valence electrons. The molecule has 0 bridgehead atoms. The average molecular weight is 706 g/mol. The van der Waals surface area contributed by atoms with E-state index in [1.165, 1.54) is 64.6 Å². The van der Waals surface area contributed by atoms with Crippen molar-refractivity contribution in [1.82, 2.24) is 8.80 Å². The Kier molecular flexibility index (Phi) is 6.88. The highest BCUT2D eigenvalue weighted by Gasteiger charge is 2.41. The third-order valence-corrected chi connectivity index (χ3v) is 16.2. The van der Waals surface area contributed by atoms with Crippen LogP contribution in [-0.2, 0) is 0 Å². The van der Waals surface area contributed by atoms with Gasteiger partial charge in [-0.25, -0.2) is 0 Å². The summed E-state index contributed by atoms with van der Waals surface area (Å²) in [5.74, 6) is 0. The molecule has 0 aliphatic carbocycles. The molecule has 0 fully saturated rings. The number of rotatable bonds is 7. The first kappa shape index (κ1) is 30.7. The Labute approximate surface area is 314 Å². The van der Waals surface area contributed by atoms with E-state index in [0.29, 0.717) is 0 Å². The predicted octanol–water partition coefficient (Wildman–Crippen LogP) is 9.94. The van der Waals surface area contributed by atoms with Crippen LogP contribution in [0.4, 0.5) is 17.1 Å². The maximum absolute atomic E-state index is 2.65. The maximum Gasteiger partial charge on any atom is 0.179 e. The second kappa shape index (κ2) is 12.1. The molecule has 0 radical (unpaired) electrons. The first-order valence-corrected chi connectivity index (χ1v) is 20.6. The molecular weight excluding hydrogens is 671 g/mol. The second-order valence-electron chi connectivity index (χ2n) is 14.1. The summed E-state index contributed by atoms with van der Waals surface area (Å²) in [6.45, 7) is 0. The number of benzene rings is 8. The van der Waals surface area contributed by atoms with Crippen molar-refractivity contribution in [3.05, 3.63) is 212 Å². The third-order valence-electron chi connectivity index (χ3n) is 11.4. The fraction of sp³-hybridized carbons (Fsp3) is 0. The van der Waals surface area contributed by atoms with Crippen molar-refractivity contribution in [2.24, 2.45) is 0 Å². The van der Waals surface area contributed by atoms with E-state index in [9.17, 15) is 0 Å². The number of imidazole rings is 1. The lowest BCUT2D eigenvalue weighted by molar-refractivity contribution is 1.27. The summed E-state index contributed by atoms with van der Waals surface area (Å²) >= 11 is 0. The molecule has 4 heteroatoms. The van der Waals surface area contributed by atoms with E-state index in [4.69, 9.17) is 0 Å². The Morgan fingerprint density at radius 2 is 0.722 bits per heavy atom. The number of para-hydroxylation sites is 4. The monoisotopic (exact) mass is 705 g/mol. The quantitative estimate of drug-likeness (QED) is 0.119. The summed E-state index contributed by atoms with van der Waals surface area (Å²) < 4.78 is 4.89. The molecule has 11 rings (SSSR count). The van der Waals surface area contributed by atoms with E-state index >= 15 is 0 Å². The minimum absolute atomic E-state index is 1.12. The van der Waals surface area contributed by atoms with Gasteiger partial charge in [-0.3, -0.25) is 8.80 Å². The van der Waals surface area contributed by atoms with Gasteiger partial charge in [0.2, 0.25) is 0 Å². The van der Waals surface area contributed by atoms with Gasteiger partial charge in [0, 0.05) is 33.2 Å². The van der Waals surface area contributed by atoms with E-state index in [1.54, 1.807) is 0 Å². The van der Waals surface area contributed by atoms with Crippen LogP contribution in [-0.4, -0.2) is 16.9 Å². The zero-order valence-electron chi connectivity index (χ0n) is 29.5. The fourth-order valence-corrected chi connectivity index (χ4v) is 13.9. The summed E-state index contributed by atoms with van der Waals surface area (Å²) in [4.78, 5) is 2.40. The number of anilines is 3. The van der Waals surface area contributed by atoms with Crippen molar-refractivity contribution < 1.29 is 0 Å². The molecule has 0 saturated carbocycles. The Hall–Kier alpha value is -6.88. The molecule has 0 saturated heterocycles. The second-order valence-corrected chi connectivity index (χ2v) is 18.0. The van der Waals surface area contributed by atoms with Crippen molar-refractivity contribution in [3.63, 3.8) is 0 Å². The largest absolute Gasteiger partial charge is 0.310 e. The van der Waals surface area contributed by atoms with Crippen LogP contribution in [0.3, 0.4) is 0 Å². The number of hydrogen-bond acceptors (Lipinski definition) is 1. The van der Waals surface area contributed by atoms with Crippen LogP contribution < -0.4 is 25.6 Å². The van der Waals surface area contributed by atoms with Crippen LogP contribution in [0, 0.1) is 0 Å². The summed E-state index contributed by atoms with van der Waals surface area (Å²) in [5, 5.41) is 9.30. The highest BCUT2D eigenvalue weighted by Crippen LogP contribution is 2.43. The Morgan fingerprint density at radius 3 is 1.28 bits per heavy atom. The van der Waals surface area contributed by atoms with Gasteiger partial charge in [0.25, 0.3) is 0 Å². The van der Waals surface area contributed by atoms with Crippen LogP contribution in [0.5, 0.6) is 0 Å². The minimum Gasteiger partial charge on any atom is -0.310 e. The lowest BCUT2D eigenvalue weighted by Crippen LogP contribution is -2.74. The van der Waals surface area contributed by atoms with Crippen molar-refractivity contribution in [2.45, 2.75) is 0 Å². The summed E-state index contributed by atoms with van der Waals surface area (Å²) in [6.07, 6.45) is 0. The molecule has 8 aromatic carbocycles. The van der Waals surface area contributed by atoms with Crippen molar-refractivity contribution in [2.75, 3.05) is 4.90 Å². The van der Waals surface area contributed by atoms with Gasteiger partial charge in [-0.15, -0.1) is 0 Å². The average Bonchev–Trinajstić information content (AvgIpc) is 3.88. The van der Waals surface area contributed by atoms with Crippen LogP contribution in [0.2, 0.25) is 0 Å². The first-order valence-electron chi connectivity index (χ1n) is 18.6. The third kappa shape index (κ3) is 4.35. The standard InChI is InChI=1S/C50H35N3Si/c1-5-17-36(18-6-1)51(38-31-34-46-44(35-38)49-43-25-13-14-26-45(43)52-47-27-15-16-28-48(47)53(46)50(49)52)37-29-32-42(33-30-37)54(39-19-7-2-8-20-39,40-21-9-3-10-22-40)41-23-11-4-12-24-41/h1-35H. The van der Waals surface area contributed by atoms with Crippen LogP contribution in [0.15, 0.2) is 212 Å². The molecule has 0 unspecified atom stereocenters. The van der Waals surface area contributed by atoms with Crippen LogP contribution in [0.25, 0.3) is 43.9 Å². The van der Waals surface area contributed by atoms with Gasteiger partial charge in [-0.05, 0) is 81.4 Å². The van der Waals surface area contributed by atoms with Crippen molar-refractivity contribution in [3.8, 4) is 0 Å². The molecule has 0 aliphatic rings. The van der Waals surface area contributed by atoms with E-state index in [-0.39, 0.29) is 0 Å². The van der Waals surface area contributed by atoms with Crippen molar-refractivity contribution >= 4 is 89.8 Å². The first-order chi connectivity index (χ1) is 26.8. The fourth-order valence-electron chi connectivity index (χ4n) is 9.16. The normalized spacial score (nSPS) is 12.1. The van der Waals surface area contributed by atoms with Gasteiger partial charge in [-0.1, -0.05) is 152 Å². The molecule has 3 nitrogen and oxygen atoms in total. The van der Waals surface area contributed by atoms with Gasteiger partial charge >= 0.3 is 0 Å². The molecule has 54 heavy (non-hydrogen) atoms. The van der Waals surface area contributed by atoms with Gasteiger partial charge in [-0.2, -0.15) is 0 Å². The number of nitrogens with zero attached hydrogens (tertiary/aromatic N) is 3. The molecule has 0 atom stereocenters. The summed E-state index contributed by atoms with van der Waals surface area (Å²) in [5.41, 5.74) is 9.54. The van der Waals surface area contributed by atoms with E-state index in [0.717, 1.165) is 17.1 Å². The van der Waals surface area contributed by atoms with E-state index in [1.807, 2.05) is 0 Å². The molecule has 0 N–H and O–H groups in total. The summed E-state index contributed by atoms with van der Waals surface area (Å²) in [7, 11) is -2.65. The zero-order chi connectivity index (χ0) is 35.6. The SMILES string of the molecule is c1ccc(N(c2ccc([Si](c3ccccc3)(c3ccccc3)c3ccccc3)cc2)c2ccc3c(c2)c2c4ccccc4n4c5ccccc5n3c24)cc1. The lowest BCUT2D eigenvalue weighted by Gasteiger charge is -2.35. The van der Waals surface area contributed by atoms with Crippen LogP contribution in [0.1, 0.15) is 0 Å². The smallest absolute Gasteiger partial charge is 0.179 e.